The zero-order valence-electron chi connectivity index (χ0n) is 8.87. The summed E-state index contributed by atoms with van der Waals surface area (Å²) in [4.78, 5) is 12.5. The van der Waals surface area contributed by atoms with Crippen molar-refractivity contribution in [3.63, 3.8) is 0 Å². The molecular formula is C13H10O2S2. The maximum absolute atomic E-state index is 10.4. The number of hydrogen-bond donors (Lipinski definition) is 1. The van der Waals surface area contributed by atoms with E-state index < -0.39 is 5.97 Å². The number of carboxylic acids is 1. The van der Waals surface area contributed by atoms with Crippen molar-refractivity contribution >= 4 is 35.1 Å². The standard InChI is InChI=1S/C13H10O2S2/c14-12(15)8-6-11-7-9-13(17-11)16-10-4-2-1-3-5-10/h1-9H,(H,14,15). The topological polar surface area (TPSA) is 37.3 Å². The first-order valence-electron chi connectivity index (χ1n) is 4.98. The van der Waals surface area contributed by atoms with Crippen molar-refractivity contribution in [2.45, 2.75) is 9.10 Å². The molecule has 0 atom stereocenters. The summed E-state index contributed by atoms with van der Waals surface area (Å²) in [6.07, 6.45) is 2.77. The second-order valence-electron chi connectivity index (χ2n) is 3.24. The lowest BCUT2D eigenvalue weighted by Crippen LogP contribution is -1.84. The molecule has 0 unspecified atom stereocenters. The van der Waals surface area contributed by atoms with Crippen molar-refractivity contribution in [2.24, 2.45) is 0 Å². The van der Waals surface area contributed by atoms with E-state index in [-0.39, 0.29) is 0 Å². The second kappa shape index (κ2) is 5.70. The van der Waals surface area contributed by atoms with Gasteiger partial charge in [0, 0.05) is 15.8 Å². The molecule has 0 fully saturated rings. The van der Waals surface area contributed by atoms with E-state index in [1.807, 2.05) is 30.3 Å². The Balaban J connectivity index is 2.06. The van der Waals surface area contributed by atoms with Crippen LogP contribution >= 0.6 is 23.1 Å². The minimum Gasteiger partial charge on any atom is -0.478 e. The Bertz CT molecular complexity index is 529. The zero-order valence-corrected chi connectivity index (χ0v) is 10.5. The molecule has 0 saturated carbocycles. The van der Waals surface area contributed by atoms with E-state index >= 15 is 0 Å². The van der Waals surface area contributed by atoms with Crippen LogP contribution in [-0.2, 0) is 4.79 Å². The van der Waals surface area contributed by atoms with E-state index in [1.54, 1.807) is 29.2 Å². The smallest absolute Gasteiger partial charge is 0.328 e. The van der Waals surface area contributed by atoms with Crippen LogP contribution in [0.3, 0.4) is 0 Å². The summed E-state index contributed by atoms with van der Waals surface area (Å²) in [6.45, 7) is 0. The predicted octanol–water partition coefficient (Wildman–Crippen LogP) is 4.00. The van der Waals surface area contributed by atoms with Crippen LogP contribution in [0.2, 0.25) is 0 Å². The molecule has 0 aliphatic heterocycles. The minimum atomic E-state index is -0.921. The molecule has 0 radical (unpaired) electrons. The van der Waals surface area contributed by atoms with Crippen molar-refractivity contribution in [2.75, 3.05) is 0 Å². The SMILES string of the molecule is O=C(O)C=Cc1ccc(Sc2ccccc2)s1. The largest absolute Gasteiger partial charge is 0.478 e. The molecule has 4 heteroatoms. The van der Waals surface area contributed by atoms with Gasteiger partial charge in [-0.25, -0.2) is 4.79 Å². The molecule has 17 heavy (non-hydrogen) atoms. The molecule has 1 aromatic carbocycles. The number of rotatable bonds is 4. The molecule has 0 amide bonds. The third-order valence-electron chi connectivity index (χ3n) is 1.95. The van der Waals surface area contributed by atoms with Gasteiger partial charge >= 0.3 is 5.97 Å². The van der Waals surface area contributed by atoms with E-state index in [0.717, 1.165) is 15.2 Å². The number of aliphatic carboxylic acids is 1. The van der Waals surface area contributed by atoms with Gasteiger partial charge in [0.15, 0.2) is 0 Å². The molecule has 0 bridgehead atoms. The van der Waals surface area contributed by atoms with E-state index in [2.05, 4.69) is 12.1 Å². The Morgan fingerprint density at radius 2 is 1.94 bits per heavy atom. The molecule has 1 heterocycles. The van der Waals surface area contributed by atoms with Crippen molar-refractivity contribution in [1.29, 1.82) is 0 Å². The average molecular weight is 262 g/mol. The van der Waals surface area contributed by atoms with Gasteiger partial charge in [0.05, 0.1) is 4.21 Å². The van der Waals surface area contributed by atoms with Gasteiger partial charge in [-0.2, -0.15) is 0 Å². The van der Waals surface area contributed by atoms with Gasteiger partial charge in [-0.3, -0.25) is 0 Å². The molecule has 2 nitrogen and oxygen atoms in total. The van der Waals surface area contributed by atoms with Crippen LogP contribution in [0.1, 0.15) is 4.88 Å². The molecule has 0 aliphatic rings. The van der Waals surface area contributed by atoms with Crippen LogP contribution in [-0.4, -0.2) is 11.1 Å². The van der Waals surface area contributed by atoms with Crippen molar-refractivity contribution < 1.29 is 9.90 Å². The Morgan fingerprint density at radius 3 is 2.65 bits per heavy atom. The molecule has 0 aliphatic carbocycles. The molecular weight excluding hydrogens is 252 g/mol. The van der Waals surface area contributed by atoms with Crippen LogP contribution in [0.25, 0.3) is 6.08 Å². The average Bonchev–Trinajstić information content (AvgIpc) is 2.75. The molecule has 2 rings (SSSR count). The summed E-state index contributed by atoms with van der Waals surface area (Å²) in [5.41, 5.74) is 0. The fraction of sp³-hybridized carbons (Fsp3) is 0. The molecule has 1 aromatic heterocycles. The fourth-order valence-electron chi connectivity index (χ4n) is 1.24. The van der Waals surface area contributed by atoms with Gasteiger partial charge in [0.2, 0.25) is 0 Å². The molecule has 1 N–H and O–H groups in total. The quantitative estimate of drug-likeness (QED) is 0.846. The van der Waals surface area contributed by atoms with Gasteiger partial charge < -0.3 is 5.11 Å². The summed E-state index contributed by atoms with van der Waals surface area (Å²) >= 11 is 3.26. The first-order valence-corrected chi connectivity index (χ1v) is 6.61. The summed E-state index contributed by atoms with van der Waals surface area (Å²) in [5, 5.41) is 8.53. The predicted molar refractivity (Wildman–Crippen MR) is 71.6 cm³/mol. The Hall–Kier alpha value is -1.52. The fourth-order valence-corrected chi connectivity index (χ4v) is 3.28. The molecule has 0 saturated heterocycles. The number of hydrogen-bond acceptors (Lipinski definition) is 3. The van der Waals surface area contributed by atoms with Crippen LogP contribution in [0.5, 0.6) is 0 Å². The highest BCUT2D eigenvalue weighted by Gasteiger charge is 2.00. The normalized spacial score (nSPS) is 10.8. The zero-order chi connectivity index (χ0) is 12.1. The highest BCUT2D eigenvalue weighted by molar-refractivity contribution is 8.01. The number of thiophene rings is 1. The van der Waals surface area contributed by atoms with Crippen LogP contribution in [0.15, 0.2) is 57.6 Å². The summed E-state index contributed by atoms with van der Waals surface area (Å²) < 4.78 is 1.15. The molecule has 0 spiro atoms. The lowest BCUT2D eigenvalue weighted by Gasteiger charge is -1.95. The maximum Gasteiger partial charge on any atom is 0.328 e. The number of carbonyl (C=O) groups is 1. The number of benzene rings is 1. The van der Waals surface area contributed by atoms with Crippen LogP contribution in [0.4, 0.5) is 0 Å². The Kier molecular flexibility index (Phi) is 4.01. The summed E-state index contributed by atoms with van der Waals surface area (Å²) in [6, 6.07) is 14.0. The van der Waals surface area contributed by atoms with E-state index in [1.165, 1.54) is 4.90 Å². The van der Waals surface area contributed by atoms with Gasteiger partial charge in [0.25, 0.3) is 0 Å². The second-order valence-corrected chi connectivity index (χ2v) is 5.73. The third-order valence-corrected chi connectivity index (χ3v) is 4.14. The monoisotopic (exact) mass is 262 g/mol. The highest BCUT2D eigenvalue weighted by atomic mass is 32.2. The first-order chi connectivity index (χ1) is 8.24. The van der Waals surface area contributed by atoms with Crippen molar-refractivity contribution in [3.8, 4) is 0 Å². The van der Waals surface area contributed by atoms with E-state index in [0.29, 0.717) is 0 Å². The third kappa shape index (κ3) is 3.76. The Labute approximate surface area is 108 Å². The van der Waals surface area contributed by atoms with Crippen LogP contribution in [0, 0.1) is 0 Å². The van der Waals surface area contributed by atoms with E-state index in [4.69, 9.17) is 5.11 Å². The number of carboxylic acid groups (broad SMARTS) is 1. The van der Waals surface area contributed by atoms with Crippen LogP contribution < -0.4 is 0 Å². The lowest BCUT2D eigenvalue weighted by atomic mass is 10.4. The Morgan fingerprint density at radius 1 is 1.18 bits per heavy atom. The molecule has 86 valence electrons. The highest BCUT2D eigenvalue weighted by Crippen LogP contribution is 2.33. The lowest BCUT2D eigenvalue weighted by molar-refractivity contribution is -0.131. The van der Waals surface area contributed by atoms with Gasteiger partial charge in [-0.15, -0.1) is 11.3 Å². The summed E-state index contributed by atoms with van der Waals surface area (Å²) in [7, 11) is 0. The minimum absolute atomic E-state index is 0.921. The van der Waals surface area contributed by atoms with Gasteiger partial charge in [-0.1, -0.05) is 30.0 Å². The van der Waals surface area contributed by atoms with Crippen molar-refractivity contribution in [1.82, 2.24) is 0 Å². The maximum atomic E-state index is 10.4. The first kappa shape index (κ1) is 12.0. The van der Waals surface area contributed by atoms with Crippen molar-refractivity contribution in [3.05, 3.63) is 53.4 Å². The van der Waals surface area contributed by atoms with E-state index in [9.17, 15) is 4.79 Å². The van der Waals surface area contributed by atoms with Gasteiger partial charge in [0.1, 0.15) is 0 Å². The van der Waals surface area contributed by atoms with Gasteiger partial charge in [-0.05, 0) is 30.3 Å². The molecule has 2 aromatic rings. The summed E-state index contributed by atoms with van der Waals surface area (Å²) in [5.74, 6) is -0.921.